The van der Waals surface area contributed by atoms with Gasteiger partial charge >= 0.3 is 11.7 Å². The topological polar surface area (TPSA) is 90.7 Å². The maximum Gasteiger partial charge on any atom is 0.322 e. The first kappa shape index (κ1) is 17.4. The molecule has 0 spiro atoms. The van der Waals surface area contributed by atoms with Gasteiger partial charge in [0, 0.05) is 17.0 Å². The van der Waals surface area contributed by atoms with E-state index in [0.717, 1.165) is 0 Å². The number of nitro groups is 1. The van der Waals surface area contributed by atoms with E-state index in [0.29, 0.717) is 17.4 Å². The lowest BCUT2D eigenvalue weighted by atomic mass is 10.2. The molecule has 0 aliphatic rings. The van der Waals surface area contributed by atoms with Gasteiger partial charge in [-0.05, 0) is 18.7 Å². The standard InChI is InChI=1S/C13H17BrN2O5/c1-3-15-10(13(17)20-2)6-7-21-12-5-4-9(14)8-11(12)16(18)19/h4-5,8,10,15H,3,6-7H2,1-2H3. The van der Waals surface area contributed by atoms with Crippen molar-refractivity contribution in [3.63, 3.8) is 0 Å². The van der Waals surface area contributed by atoms with E-state index in [2.05, 4.69) is 26.0 Å². The molecule has 0 aromatic heterocycles. The number of rotatable bonds is 8. The molecule has 0 fully saturated rings. The van der Waals surface area contributed by atoms with Crippen molar-refractivity contribution in [1.29, 1.82) is 0 Å². The lowest BCUT2D eigenvalue weighted by Gasteiger charge is -2.15. The molecule has 1 aromatic rings. The summed E-state index contributed by atoms with van der Waals surface area (Å²) in [5.41, 5.74) is -0.123. The van der Waals surface area contributed by atoms with E-state index in [1.165, 1.54) is 19.2 Å². The van der Waals surface area contributed by atoms with Crippen molar-refractivity contribution in [2.75, 3.05) is 20.3 Å². The van der Waals surface area contributed by atoms with Gasteiger partial charge in [0.15, 0.2) is 5.75 Å². The lowest BCUT2D eigenvalue weighted by molar-refractivity contribution is -0.385. The Hall–Kier alpha value is -1.67. The van der Waals surface area contributed by atoms with Crippen molar-refractivity contribution in [3.05, 3.63) is 32.8 Å². The van der Waals surface area contributed by atoms with Crippen LogP contribution in [-0.4, -0.2) is 37.2 Å². The van der Waals surface area contributed by atoms with Crippen molar-refractivity contribution >= 4 is 27.6 Å². The zero-order valence-corrected chi connectivity index (χ0v) is 13.4. The molecule has 116 valence electrons. The lowest BCUT2D eigenvalue weighted by Crippen LogP contribution is -2.38. The molecule has 1 N–H and O–H groups in total. The summed E-state index contributed by atoms with van der Waals surface area (Å²) in [6.07, 6.45) is 0.355. The highest BCUT2D eigenvalue weighted by atomic mass is 79.9. The Labute approximate surface area is 130 Å². The van der Waals surface area contributed by atoms with Gasteiger partial charge in [-0.1, -0.05) is 22.9 Å². The maximum atomic E-state index is 11.5. The molecule has 0 amide bonds. The number of nitrogens with zero attached hydrogens (tertiary/aromatic N) is 1. The largest absolute Gasteiger partial charge is 0.487 e. The van der Waals surface area contributed by atoms with Crippen LogP contribution < -0.4 is 10.1 Å². The van der Waals surface area contributed by atoms with Crippen LogP contribution in [0, 0.1) is 10.1 Å². The molecule has 0 radical (unpaired) electrons. The summed E-state index contributed by atoms with van der Waals surface area (Å²) >= 11 is 3.17. The zero-order valence-electron chi connectivity index (χ0n) is 11.8. The molecule has 0 bridgehead atoms. The van der Waals surface area contributed by atoms with Crippen LogP contribution in [-0.2, 0) is 9.53 Å². The summed E-state index contributed by atoms with van der Waals surface area (Å²) in [6, 6.07) is 4.05. The summed E-state index contributed by atoms with van der Waals surface area (Å²) in [7, 11) is 1.31. The average molecular weight is 361 g/mol. The molecule has 0 aliphatic carbocycles. The molecule has 8 heteroatoms. The highest BCUT2D eigenvalue weighted by molar-refractivity contribution is 9.10. The van der Waals surface area contributed by atoms with Crippen LogP contribution in [0.2, 0.25) is 0 Å². The van der Waals surface area contributed by atoms with Gasteiger partial charge in [0.25, 0.3) is 0 Å². The smallest absolute Gasteiger partial charge is 0.322 e. The molecule has 1 aromatic carbocycles. The van der Waals surface area contributed by atoms with Crippen molar-refractivity contribution in [1.82, 2.24) is 5.32 Å². The highest BCUT2D eigenvalue weighted by Gasteiger charge is 2.19. The van der Waals surface area contributed by atoms with Crippen LogP contribution in [0.4, 0.5) is 5.69 Å². The van der Waals surface area contributed by atoms with E-state index in [1.807, 2.05) is 6.92 Å². The summed E-state index contributed by atoms with van der Waals surface area (Å²) in [6.45, 7) is 2.64. The van der Waals surface area contributed by atoms with Crippen LogP contribution in [0.25, 0.3) is 0 Å². The minimum Gasteiger partial charge on any atom is -0.487 e. The van der Waals surface area contributed by atoms with E-state index in [9.17, 15) is 14.9 Å². The number of methoxy groups -OCH3 is 1. The van der Waals surface area contributed by atoms with E-state index < -0.39 is 11.0 Å². The van der Waals surface area contributed by atoms with Gasteiger partial charge in [0.2, 0.25) is 0 Å². The number of nitrogens with one attached hydrogen (secondary N) is 1. The quantitative estimate of drug-likeness (QED) is 0.434. The first-order valence-corrected chi connectivity index (χ1v) is 7.16. The molecular weight excluding hydrogens is 344 g/mol. The molecule has 0 aliphatic heterocycles. The normalized spacial score (nSPS) is 11.8. The van der Waals surface area contributed by atoms with Crippen molar-refractivity contribution in [2.45, 2.75) is 19.4 Å². The number of esters is 1. The Kier molecular flexibility index (Phi) is 7.10. The number of carbonyl (C=O) groups is 1. The number of halogens is 1. The molecule has 0 saturated carbocycles. The summed E-state index contributed by atoms with van der Waals surface area (Å²) in [4.78, 5) is 21.9. The number of likely N-dealkylation sites (N-methyl/N-ethyl adjacent to an activating group) is 1. The van der Waals surface area contributed by atoms with Crippen molar-refractivity contribution < 1.29 is 19.2 Å². The fourth-order valence-corrected chi connectivity index (χ4v) is 2.08. The van der Waals surface area contributed by atoms with E-state index in [1.54, 1.807) is 6.07 Å². The molecule has 7 nitrogen and oxygen atoms in total. The zero-order chi connectivity index (χ0) is 15.8. The maximum absolute atomic E-state index is 11.5. The highest BCUT2D eigenvalue weighted by Crippen LogP contribution is 2.30. The summed E-state index contributed by atoms with van der Waals surface area (Å²) in [5, 5.41) is 13.9. The number of carbonyl (C=O) groups excluding carboxylic acids is 1. The SMILES string of the molecule is CCNC(CCOc1ccc(Br)cc1[N+](=O)[O-])C(=O)OC. The fraction of sp³-hybridized carbons (Fsp3) is 0.462. The molecule has 0 saturated heterocycles. The van der Waals surface area contributed by atoms with Gasteiger partial charge in [-0.15, -0.1) is 0 Å². The van der Waals surface area contributed by atoms with E-state index in [4.69, 9.17) is 4.74 Å². The van der Waals surface area contributed by atoms with E-state index in [-0.39, 0.29) is 24.0 Å². The first-order chi connectivity index (χ1) is 9.99. The minimum atomic E-state index is -0.512. The Morgan fingerprint density at radius 1 is 1.52 bits per heavy atom. The van der Waals surface area contributed by atoms with Crippen LogP contribution >= 0.6 is 15.9 Å². The minimum absolute atomic E-state index is 0.123. The van der Waals surface area contributed by atoms with Gasteiger partial charge in [-0.2, -0.15) is 0 Å². The Balaban J connectivity index is 2.66. The number of hydrogen-bond acceptors (Lipinski definition) is 6. The fourth-order valence-electron chi connectivity index (χ4n) is 1.73. The predicted octanol–water partition coefficient (Wildman–Crippen LogP) is 2.28. The van der Waals surface area contributed by atoms with Crippen LogP contribution in [0.1, 0.15) is 13.3 Å². The average Bonchev–Trinajstić information content (AvgIpc) is 2.46. The van der Waals surface area contributed by atoms with Crippen LogP contribution in [0.5, 0.6) is 5.75 Å². The number of nitro benzene ring substituents is 1. The van der Waals surface area contributed by atoms with Gasteiger partial charge in [0.05, 0.1) is 18.6 Å². The second-order valence-electron chi connectivity index (χ2n) is 4.14. The molecule has 0 heterocycles. The molecule has 21 heavy (non-hydrogen) atoms. The second kappa shape index (κ2) is 8.58. The summed E-state index contributed by atoms with van der Waals surface area (Å²) in [5.74, 6) is -0.214. The van der Waals surface area contributed by atoms with Gasteiger partial charge in [-0.25, -0.2) is 0 Å². The van der Waals surface area contributed by atoms with Crippen molar-refractivity contribution in [2.24, 2.45) is 0 Å². The molecular formula is C13H17BrN2O5. The van der Waals surface area contributed by atoms with Gasteiger partial charge in [-0.3, -0.25) is 14.9 Å². The summed E-state index contributed by atoms with van der Waals surface area (Å²) < 4.78 is 10.7. The molecule has 1 atom stereocenters. The number of hydrogen-bond donors (Lipinski definition) is 1. The Morgan fingerprint density at radius 2 is 2.24 bits per heavy atom. The monoisotopic (exact) mass is 360 g/mol. The molecule has 1 unspecified atom stereocenters. The van der Waals surface area contributed by atoms with Crippen LogP contribution in [0.3, 0.4) is 0 Å². The first-order valence-electron chi connectivity index (χ1n) is 6.37. The van der Waals surface area contributed by atoms with Gasteiger partial charge in [0.1, 0.15) is 6.04 Å². The second-order valence-corrected chi connectivity index (χ2v) is 5.06. The predicted molar refractivity (Wildman–Crippen MR) is 80.4 cm³/mol. The third-order valence-electron chi connectivity index (χ3n) is 2.72. The van der Waals surface area contributed by atoms with Gasteiger partial charge < -0.3 is 14.8 Å². The molecule has 1 rings (SSSR count). The Bertz CT molecular complexity index is 509. The number of ether oxygens (including phenoxy) is 2. The van der Waals surface area contributed by atoms with Crippen LogP contribution in [0.15, 0.2) is 22.7 Å². The van der Waals surface area contributed by atoms with Crippen molar-refractivity contribution in [3.8, 4) is 5.75 Å². The Morgan fingerprint density at radius 3 is 2.81 bits per heavy atom. The third-order valence-corrected chi connectivity index (χ3v) is 3.21. The van der Waals surface area contributed by atoms with E-state index >= 15 is 0 Å². The third kappa shape index (κ3) is 5.31. The number of benzene rings is 1.